The molecule has 0 saturated heterocycles. The first-order valence-corrected chi connectivity index (χ1v) is 9.20. The van der Waals surface area contributed by atoms with Crippen molar-refractivity contribution >= 4 is 55.5 Å². The van der Waals surface area contributed by atoms with E-state index in [0.29, 0.717) is 26.9 Å². The van der Waals surface area contributed by atoms with Crippen LogP contribution in [0.5, 0.6) is 5.75 Å². The SMILES string of the molecule is COc1c(Br)cc(Br)cc1/C=C1\N=C(c2cccc([N+](=O)[O-])c2C)OC1=O. The van der Waals surface area contributed by atoms with Crippen LogP contribution in [-0.4, -0.2) is 23.9 Å². The number of hydrogen-bond donors (Lipinski definition) is 0. The summed E-state index contributed by atoms with van der Waals surface area (Å²) in [7, 11) is 1.52. The topological polar surface area (TPSA) is 91.0 Å². The van der Waals surface area contributed by atoms with E-state index in [4.69, 9.17) is 9.47 Å². The Bertz CT molecular complexity index is 1030. The Balaban J connectivity index is 2.07. The van der Waals surface area contributed by atoms with Crippen molar-refractivity contribution in [2.75, 3.05) is 7.11 Å². The molecule has 2 aromatic carbocycles. The van der Waals surface area contributed by atoms with E-state index in [-0.39, 0.29) is 17.3 Å². The number of methoxy groups -OCH3 is 1. The van der Waals surface area contributed by atoms with Gasteiger partial charge in [-0.25, -0.2) is 9.79 Å². The summed E-state index contributed by atoms with van der Waals surface area (Å²) in [4.78, 5) is 27.1. The number of nitro benzene ring substituents is 1. The molecule has 7 nitrogen and oxygen atoms in total. The van der Waals surface area contributed by atoms with E-state index in [1.54, 1.807) is 19.1 Å². The molecule has 0 atom stereocenters. The standard InChI is InChI=1S/C18H12Br2N2O5/c1-9-12(4-3-5-15(9)22(24)25)17-21-14(18(23)27-17)7-10-6-11(19)8-13(20)16(10)26-2/h3-8H,1-2H3/b14-7-. The molecule has 1 aliphatic rings. The highest BCUT2D eigenvalue weighted by Crippen LogP contribution is 2.35. The molecule has 0 fully saturated rings. The van der Waals surface area contributed by atoms with Gasteiger partial charge in [-0.1, -0.05) is 22.0 Å². The summed E-state index contributed by atoms with van der Waals surface area (Å²) in [6.07, 6.45) is 1.54. The lowest BCUT2D eigenvalue weighted by Gasteiger charge is -2.08. The first-order valence-electron chi connectivity index (χ1n) is 7.61. The highest BCUT2D eigenvalue weighted by molar-refractivity contribution is 9.11. The number of carbonyl (C=O) groups is 1. The molecular formula is C18H12Br2N2O5. The van der Waals surface area contributed by atoms with Crippen LogP contribution in [0.3, 0.4) is 0 Å². The van der Waals surface area contributed by atoms with Crippen LogP contribution in [0.2, 0.25) is 0 Å². The Hall–Kier alpha value is -2.52. The highest BCUT2D eigenvalue weighted by Gasteiger charge is 2.28. The lowest BCUT2D eigenvalue weighted by atomic mass is 10.1. The van der Waals surface area contributed by atoms with Gasteiger partial charge in [-0.05, 0) is 47.1 Å². The molecule has 0 radical (unpaired) electrons. The second-order valence-corrected chi connectivity index (χ2v) is 7.32. The summed E-state index contributed by atoms with van der Waals surface area (Å²) >= 11 is 6.79. The third-order valence-corrected chi connectivity index (χ3v) is 4.93. The summed E-state index contributed by atoms with van der Waals surface area (Å²) in [5.41, 5.74) is 1.38. The Morgan fingerprint density at radius 2 is 2.04 bits per heavy atom. The van der Waals surface area contributed by atoms with Gasteiger partial charge in [-0.15, -0.1) is 0 Å². The molecular weight excluding hydrogens is 484 g/mol. The number of cyclic esters (lactones) is 1. The molecule has 0 saturated carbocycles. The minimum Gasteiger partial charge on any atom is -0.495 e. The lowest BCUT2D eigenvalue weighted by Crippen LogP contribution is -2.08. The number of nitro groups is 1. The zero-order valence-electron chi connectivity index (χ0n) is 14.2. The fraction of sp³-hybridized carbons (Fsp3) is 0.111. The van der Waals surface area contributed by atoms with E-state index in [9.17, 15) is 14.9 Å². The summed E-state index contributed by atoms with van der Waals surface area (Å²) in [5.74, 6) is -0.0804. The van der Waals surface area contributed by atoms with Gasteiger partial charge in [-0.2, -0.15) is 0 Å². The third kappa shape index (κ3) is 3.79. The maximum absolute atomic E-state index is 12.3. The van der Waals surface area contributed by atoms with Crippen molar-refractivity contribution < 1.29 is 19.2 Å². The zero-order chi connectivity index (χ0) is 19.7. The van der Waals surface area contributed by atoms with Crippen LogP contribution < -0.4 is 4.74 Å². The van der Waals surface area contributed by atoms with Crippen molar-refractivity contribution in [3.8, 4) is 5.75 Å². The molecule has 3 rings (SSSR count). The van der Waals surface area contributed by atoms with Gasteiger partial charge in [0.05, 0.1) is 16.5 Å². The van der Waals surface area contributed by atoms with Gasteiger partial charge in [0, 0.05) is 27.2 Å². The maximum atomic E-state index is 12.3. The largest absolute Gasteiger partial charge is 0.495 e. The minimum atomic E-state index is -0.644. The number of carbonyl (C=O) groups excluding carboxylic acids is 1. The van der Waals surface area contributed by atoms with Gasteiger partial charge in [0.2, 0.25) is 5.90 Å². The van der Waals surface area contributed by atoms with E-state index in [1.165, 1.54) is 25.3 Å². The Morgan fingerprint density at radius 3 is 2.70 bits per heavy atom. The minimum absolute atomic E-state index is 0.0282. The maximum Gasteiger partial charge on any atom is 0.363 e. The van der Waals surface area contributed by atoms with Gasteiger partial charge < -0.3 is 9.47 Å². The Labute approximate surface area is 171 Å². The fourth-order valence-electron chi connectivity index (χ4n) is 2.63. The Kier molecular flexibility index (Phi) is 5.43. The van der Waals surface area contributed by atoms with Crippen LogP contribution in [0.25, 0.3) is 6.08 Å². The fourth-order valence-corrected chi connectivity index (χ4v) is 4.05. The van der Waals surface area contributed by atoms with Crippen molar-refractivity contribution in [1.29, 1.82) is 0 Å². The van der Waals surface area contributed by atoms with E-state index < -0.39 is 10.9 Å². The molecule has 0 aliphatic carbocycles. The smallest absolute Gasteiger partial charge is 0.363 e. The van der Waals surface area contributed by atoms with E-state index in [2.05, 4.69) is 36.9 Å². The molecule has 0 aromatic heterocycles. The monoisotopic (exact) mass is 494 g/mol. The predicted octanol–water partition coefficient (Wildman–Crippen LogP) is 4.78. The van der Waals surface area contributed by atoms with Crippen LogP contribution in [0.1, 0.15) is 16.7 Å². The first kappa shape index (κ1) is 19.2. The highest BCUT2D eigenvalue weighted by atomic mass is 79.9. The lowest BCUT2D eigenvalue weighted by molar-refractivity contribution is -0.385. The van der Waals surface area contributed by atoms with Gasteiger partial charge in [0.15, 0.2) is 5.70 Å². The number of nitrogens with zero attached hydrogens (tertiary/aromatic N) is 2. The van der Waals surface area contributed by atoms with E-state index >= 15 is 0 Å². The third-order valence-electron chi connectivity index (χ3n) is 3.89. The number of esters is 1. The second kappa shape index (κ2) is 7.61. The van der Waals surface area contributed by atoms with Gasteiger partial charge in [0.25, 0.3) is 5.69 Å². The number of benzene rings is 2. The normalized spacial score (nSPS) is 14.9. The first-order chi connectivity index (χ1) is 12.8. The number of ether oxygens (including phenoxy) is 2. The average molecular weight is 496 g/mol. The molecule has 138 valence electrons. The molecule has 0 bridgehead atoms. The van der Waals surface area contributed by atoms with Gasteiger partial charge in [0.1, 0.15) is 5.75 Å². The molecule has 0 N–H and O–H groups in total. The molecule has 0 spiro atoms. The molecule has 1 aliphatic heterocycles. The molecule has 0 amide bonds. The number of halogens is 2. The summed E-state index contributed by atoms with van der Waals surface area (Å²) in [6.45, 7) is 1.58. The van der Waals surface area contributed by atoms with E-state index in [0.717, 1.165) is 4.47 Å². The summed E-state index contributed by atoms with van der Waals surface area (Å²) in [5, 5.41) is 11.1. The average Bonchev–Trinajstić information content (AvgIpc) is 2.95. The molecule has 27 heavy (non-hydrogen) atoms. The quantitative estimate of drug-likeness (QED) is 0.263. The van der Waals surface area contributed by atoms with Crippen molar-refractivity contribution in [3.63, 3.8) is 0 Å². The van der Waals surface area contributed by atoms with Crippen molar-refractivity contribution in [2.45, 2.75) is 6.92 Å². The second-order valence-electron chi connectivity index (χ2n) is 5.55. The molecule has 1 heterocycles. The van der Waals surface area contributed by atoms with Crippen LogP contribution in [0.4, 0.5) is 5.69 Å². The molecule has 0 unspecified atom stereocenters. The molecule has 2 aromatic rings. The van der Waals surface area contributed by atoms with Crippen LogP contribution in [-0.2, 0) is 9.53 Å². The number of rotatable bonds is 4. The van der Waals surface area contributed by atoms with Crippen LogP contribution >= 0.6 is 31.9 Å². The van der Waals surface area contributed by atoms with Gasteiger partial charge >= 0.3 is 5.97 Å². The van der Waals surface area contributed by atoms with Crippen molar-refractivity contribution in [3.05, 3.63) is 71.8 Å². The Morgan fingerprint density at radius 1 is 1.30 bits per heavy atom. The van der Waals surface area contributed by atoms with Crippen molar-refractivity contribution in [1.82, 2.24) is 0 Å². The van der Waals surface area contributed by atoms with Crippen molar-refractivity contribution in [2.24, 2.45) is 4.99 Å². The van der Waals surface area contributed by atoms with Gasteiger partial charge in [-0.3, -0.25) is 10.1 Å². The predicted molar refractivity (Wildman–Crippen MR) is 107 cm³/mol. The number of hydrogen-bond acceptors (Lipinski definition) is 6. The summed E-state index contributed by atoms with van der Waals surface area (Å²) < 4.78 is 12.1. The van der Waals surface area contributed by atoms with Crippen LogP contribution in [0, 0.1) is 17.0 Å². The summed E-state index contributed by atoms with van der Waals surface area (Å²) in [6, 6.07) is 8.11. The van der Waals surface area contributed by atoms with Crippen LogP contribution in [0.15, 0.2) is 50.0 Å². The van der Waals surface area contributed by atoms with E-state index in [1.807, 2.05) is 6.07 Å². The molecule has 9 heteroatoms. The number of aliphatic imine (C=N–C) groups is 1. The zero-order valence-corrected chi connectivity index (χ0v) is 17.3.